The number of carbonyl (C=O) groups excluding carboxylic acids is 2. The summed E-state index contributed by atoms with van der Waals surface area (Å²) in [6.07, 6.45) is 2.18. The minimum absolute atomic E-state index is 0.0927. The molecule has 1 aliphatic rings. The lowest BCUT2D eigenvalue weighted by atomic mass is 10.2. The number of hydrogen-bond acceptors (Lipinski definition) is 4. The third-order valence-corrected chi connectivity index (χ3v) is 4.23. The van der Waals surface area contributed by atoms with Gasteiger partial charge in [-0.3, -0.25) is 9.59 Å². The van der Waals surface area contributed by atoms with Crippen molar-refractivity contribution in [3.63, 3.8) is 0 Å². The van der Waals surface area contributed by atoms with E-state index in [2.05, 4.69) is 5.32 Å². The maximum atomic E-state index is 12.4. The average Bonchev–Trinajstić information content (AvgIpc) is 2.97. The quantitative estimate of drug-likeness (QED) is 0.852. The molecule has 1 saturated heterocycles. The van der Waals surface area contributed by atoms with Crippen molar-refractivity contribution >= 4 is 28.4 Å². The maximum Gasteiger partial charge on any atom is 0.242 e. The van der Waals surface area contributed by atoms with Crippen LogP contribution >= 0.6 is 0 Å². The molecular weight excluding hydrogens is 320 g/mol. The van der Waals surface area contributed by atoms with E-state index >= 15 is 0 Å². The number of nitrogens with two attached hydrogens (primary N) is 1. The molecule has 2 heterocycles. The Kier molecular flexibility index (Phi) is 5.35. The Hall–Kier alpha value is -2.38. The van der Waals surface area contributed by atoms with Crippen molar-refractivity contribution in [3.8, 4) is 0 Å². The second-order valence-electron chi connectivity index (χ2n) is 6.44. The highest BCUT2D eigenvalue weighted by Crippen LogP contribution is 2.21. The predicted octanol–water partition coefficient (Wildman–Crippen LogP) is 1.18. The first-order valence-corrected chi connectivity index (χ1v) is 8.53. The van der Waals surface area contributed by atoms with Crippen molar-refractivity contribution < 1.29 is 14.3 Å². The molecule has 25 heavy (non-hydrogen) atoms. The lowest BCUT2D eigenvalue weighted by Crippen LogP contribution is -2.42. The van der Waals surface area contributed by atoms with Gasteiger partial charge in [0.05, 0.1) is 13.2 Å². The zero-order valence-corrected chi connectivity index (χ0v) is 14.4. The van der Waals surface area contributed by atoms with Crippen LogP contribution in [0.15, 0.2) is 30.5 Å². The van der Waals surface area contributed by atoms with Crippen LogP contribution in [-0.4, -0.2) is 53.6 Å². The van der Waals surface area contributed by atoms with Gasteiger partial charge < -0.3 is 25.3 Å². The fourth-order valence-electron chi connectivity index (χ4n) is 2.98. The number of nitrogens with one attached hydrogen (secondary N) is 1. The first-order chi connectivity index (χ1) is 12.0. The van der Waals surface area contributed by atoms with Crippen molar-refractivity contribution in [3.05, 3.63) is 30.5 Å². The molecule has 1 atom stereocenters. The van der Waals surface area contributed by atoms with Crippen LogP contribution in [0.4, 0.5) is 5.69 Å². The number of morpholine rings is 1. The molecule has 1 fully saturated rings. The fraction of sp³-hybridized carbons (Fsp3) is 0.444. The van der Waals surface area contributed by atoms with Crippen molar-refractivity contribution in [1.82, 2.24) is 9.47 Å². The summed E-state index contributed by atoms with van der Waals surface area (Å²) in [4.78, 5) is 26.1. The molecule has 1 unspecified atom stereocenters. The van der Waals surface area contributed by atoms with Gasteiger partial charge >= 0.3 is 0 Å². The molecule has 1 aromatic carbocycles. The second-order valence-corrected chi connectivity index (χ2v) is 6.44. The van der Waals surface area contributed by atoms with Crippen molar-refractivity contribution in [2.75, 3.05) is 31.6 Å². The summed E-state index contributed by atoms with van der Waals surface area (Å²) in [6, 6.07) is 7.45. The van der Waals surface area contributed by atoms with E-state index in [1.807, 2.05) is 39.9 Å². The van der Waals surface area contributed by atoms with Crippen LogP contribution in [0, 0.1) is 0 Å². The van der Waals surface area contributed by atoms with Crippen LogP contribution < -0.4 is 11.1 Å². The van der Waals surface area contributed by atoms with Crippen LogP contribution in [-0.2, 0) is 20.9 Å². The van der Waals surface area contributed by atoms with Crippen LogP contribution in [0.25, 0.3) is 10.9 Å². The van der Waals surface area contributed by atoms with Crippen LogP contribution in [0.1, 0.15) is 13.3 Å². The molecule has 2 aromatic rings. The number of carbonyl (C=O) groups is 2. The summed E-state index contributed by atoms with van der Waals surface area (Å²) in [7, 11) is 0. The zero-order chi connectivity index (χ0) is 17.8. The minimum atomic E-state index is -0.170. The van der Waals surface area contributed by atoms with Gasteiger partial charge in [0.25, 0.3) is 0 Å². The third kappa shape index (κ3) is 4.37. The van der Waals surface area contributed by atoms with E-state index in [4.69, 9.17) is 10.5 Å². The number of fused-ring (bicyclic) bond motifs is 1. The maximum absolute atomic E-state index is 12.4. The molecule has 3 rings (SSSR count). The van der Waals surface area contributed by atoms with Crippen molar-refractivity contribution in [2.24, 2.45) is 5.73 Å². The number of ether oxygens (including phenoxy) is 1. The highest BCUT2D eigenvalue weighted by Gasteiger charge is 2.17. The van der Waals surface area contributed by atoms with E-state index in [-0.39, 0.29) is 24.3 Å². The van der Waals surface area contributed by atoms with Gasteiger partial charge in [-0.25, -0.2) is 0 Å². The summed E-state index contributed by atoms with van der Waals surface area (Å²) in [5, 5.41) is 3.83. The van der Waals surface area contributed by atoms with E-state index in [0.29, 0.717) is 32.8 Å². The van der Waals surface area contributed by atoms with E-state index in [9.17, 15) is 9.59 Å². The SMILES string of the molecule is CC(N)CC(=O)Nc1ccc2c(ccn2CC(=O)N2CCOCC2)c1. The molecule has 2 amide bonds. The molecule has 1 aliphatic heterocycles. The van der Waals surface area contributed by atoms with Crippen LogP contribution in [0.5, 0.6) is 0 Å². The number of anilines is 1. The lowest BCUT2D eigenvalue weighted by molar-refractivity contribution is -0.135. The summed E-state index contributed by atoms with van der Waals surface area (Å²) in [6.45, 7) is 4.60. The summed E-state index contributed by atoms with van der Waals surface area (Å²) in [5.74, 6) is -0.00797. The average molecular weight is 344 g/mol. The second kappa shape index (κ2) is 7.67. The van der Waals surface area contributed by atoms with Gasteiger partial charge in [-0.1, -0.05) is 0 Å². The largest absolute Gasteiger partial charge is 0.378 e. The molecule has 7 nitrogen and oxygen atoms in total. The first kappa shape index (κ1) is 17.4. The molecule has 134 valence electrons. The van der Waals surface area contributed by atoms with Crippen LogP contribution in [0.2, 0.25) is 0 Å². The Bertz CT molecular complexity index is 763. The number of benzene rings is 1. The summed E-state index contributed by atoms with van der Waals surface area (Å²) >= 11 is 0. The highest BCUT2D eigenvalue weighted by molar-refractivity contribution is 5.94. The van der Waals surface area contributed by atoms with Crippen molar-refractivity contribution in [1.29, 1.82) is 0 Å². The normalized spacial score (nSPS) is 16.0. The fourth-order valence-corrected chi connectivity index (χ4v) is 2.98. The number of aromatic nitrogens is 1. The summed E-state index contributed by atoms with van der Waals surface area (Å²) < 4.78 is 7.21. The number of rotatable bonds is 5. The Morgan fingerprint density at radius 2 is 2.04 bits per heavy atom. The molecule has 0 saturated carbocycles. The minimum Gasteiger partial charge on any atom is -0.378 e. The first-order valence-electron chi connectivity index (χ1n) is 8.53. The van der Waals surface area contributed by atoms with Gasteiger partial charge in [0.1, 0.15) is 6.54 Å². The predicted molar refractivity (Wildman–Crippen MR) is 96.2 cm³/mol. The van der Waals surface area contributed by atoms with E-state index in [1.165, 1.54) is 0 Å². The van der Waals surface area contributed by atoms with E-state index in [1.54, 1.807) is 6.92 Å². The number of hydrogen-bond donors (Lipinski definition) is 2. The molecule has 1 aromatic heterocycles. The molecule has 0 radical (unpaired) electrons. The lowest BCUT2D eigenvalue weighted by Gasteiger charge is -2.27. The molecule has 0 bridgehead atoms. The van der Waals surface area contributed by atoms with Gasteiger partial charge in [-0.2, -0.15) is 0 Å². The van der Waals surface area contributed by atoms with Crippen molar-refractivity contribution in [2.45, 2.75) is 25.9 Å². The van der Waals surface area contributed by atoms with Gasteiger partial charge in [0.15, 0.2) is 0 Å². The summed E-state index contributed by atoms with van der Waals surface area (Å²) in [5.41, 5.74) is 7.34. The van der Waals surface area contributed by atoms with Gasteiger partial charge in [0.2, 0.25) is 11.8 Å². The number of amides is 2. The monoisotopic (exact) mass is 344 g/mol. The Morgan fingerprint density at radius 3 is 2.76 bits per heavy atom. The third-order valence-electron chi connectivity index (χ3n) is 4.23. The van der Waals surface area contributed by atoms with E-state index < -0.39 is 0 Å². The van der Waals surface area contributed by atoms with Gasteiger partial charge in [0, 0.05) is 48.3 Å². The van der Waals surface area contributed by atoms with Gasteiger partial charge in [-0.15, -0.1) is 0 Å². The van der Waals surface area contributed by atoms with Crippen LogP contribution in [0.3, 0.4) is 0 Å². The molecule has 7 heteroatoms. The Morgan fingerprint density at radius 1 is 1.28 bits per heavy atom. The Labute approximate surface area is 146 Å². The van der Waals surface area contributed by atoms with E-state index in [0.717, 1.165) is 16.6 Å². The standard InChI is InChI=1S/C18H24N4O3/c1-13(19)10-17(23)20-15-2-3-16-14(11-15)4-5-22(16)12-18(24)21-6-8-25-9-7-21/h2-5,11,13H,6-10,12,19H2,1H3,(H,20,23). The molecule has 3 N–H and O–H groups in total. The Balaban J connectivity index is 1.69. The molecular formula is C18H24N4O3. The highest BCUT2D eigenvalue weighted by atomic mass is 16.5. The molecule has 0 spiro atoms. The topological polar surface area (TPSA) is 89.6 Å². The van der Waals surface area contributed by atoms with Gasteiger partial charge in [-0.05, 0) is 31.2 Å². The number of nitrogens with zero attached hydrogens (tertiary/aromatic N) is 2. The zero-order valence-electron chi connectivity index (χ0n) is 14.4. The molecule has 0 aliphatic carbocycles. The smallest absolute Gasteiger partial charge is 0.242 e.